The van der Waals surface area contributed by atoms with E-state index in [1.165, 1.54) is 12.8 Å². The summed E-state index contributed by atoms with van der Waals surface area (Å²) in [6, 6.07) is 5.92. The highest BCUT2D eigenvalue weighted by Crippen LogP contribution is 2.32. The summed E-state index contributed by atoms with van der Waals surface area (Å²) in [5, 5.41) is 10.6. The summed E-state index contributed by atoms with van der Waals surface area (Å²) in [5.74, 6) is -0.270. The van der Waals surface area contributed by atoms with Crippen LogP contribution in [-0.2, 0) is 6.54 Å². The molecule has 0 bridgehead atoms. The average Bonchev–Trinajstić information content (AvgIpc) is 3.15. The zero-order valence-corrected chi connectivity index (χ0v) is 20.0. The van der Waals surface area contributed by atoms with E-state index in [0.717, 1.165) is 36.9 Å². The first kappa shape index (κ1) is 24.6. The van der Waals surface area contributed by atoms with Crippen LogP contribution in [0.4, 0.5) is 8.78 Å². The quantitative estimate of drug-likeness (QED) is 0.634. The molecule has 1 aromatic rings. The lowest BCUT2D eigenvalue weighted by molar-refractivity contribution is -0.0698. The van der Waals surface area contributed by atoms with Crippen molar-refractivity contribution in [1.29, 1.82) is 0 Å². The van der Waals surface area contributed by atoms with Crippen molar-refractivity contribution in [2.24, 2.45) is 5.92 Å². The minimum absolute atomic E-state index is 0.0802. The van der Waals surface area contributed by atoms with Gasteiger partial charge in [-0.15, -0.1) is 0 Å². The van der Waals surface area contributed by atoms with Crippen LogP contribution in [0.1, 0.15) is 38.2 Å². The molecule has 2 atom stereocenters. The summed E-state index contributed by atoms with van der Waals surface area (Å²) in [5.41, 5.74) is 1.09. The molecule has 186 valence electrons. The van der Waals surface area contributed by atoms with Gasteiger partial charge in [0.2, 0.25) is 0 Å². The van der Waals surface area contributed by atoms with E-state index in [2.05, 4.69) is 16.7 Å². The van der Waals surface area contributed by atoms with Crippen molar-refractivity contribution in [1.82, 2.24) is 14.7 Å². The van der Waals surface area contributed by atoms with Crippen LogP contribution in [0.2, 0.25) is 0 Å². The van der Waals surface area contributed by atoms with E-state index in [-0.39, 0.29) is 18.9 Å². The molecule has 3 heterocycles. The Bertz CT molecular complexity index is 763. The van der Waals surface area contributed by atoms with Crippen molar-refractivity contribution in [3.8, 4) is 11.5 Å². The Kier molecular flexibility index (Phi) is 8.10. The second-order valence-electron chi connectivity index (χ2n) is 10.1. The summed E-state index contributed by atoms with van der Waals surface area (Å²) >= 11 is 0. The Balaban J connectivity index is 1.27. The SMILES string of the molecule is COc1cc(CN2C[C@H](O)[C@@H](N3CCC(F)(F)CC3)C2)ccc1OCCN1CCC(C)CC1. The normalized spacial score (nSPS) is 27.7. The third-order valence-corrected chi connectivity index (χ3v) is 7.51. The molecule has 4 rings (SSSR count). The maximum atomic E-state index is 13.5. The van der Waals surface area contributed by atoms with Crippen molar-refractivity contribution in [3.63, 3.8) is 0 Å². The van der Waals surface area contributed by atoms with E-state index < -0.39 is 12.0 Å². The van der Waals surface area contributed by atoms with Crippen molar-refractivity contribution in [3.05, 3.63) is 23.8 Å². The van der Waals surface area contributed by atoms with Gasteiger partial charge >= 0.3 is 0 Å². The number of likely N-dealkylation sites (tertiary alicyclic amines) is 3. The Morgan fingerprint density at radius 3 is 2.45 bits per heavy atom. The molecular weight excluding hydrogens is 428 g/mol. The number of alkyl halides is 2. The topological polar surface area (TPSA) is 48.4 Å². The molecule has 0 saturated carbocycles. The number of piperidine rings is 2. The number of nitrogens with zero attached hydrogens (tertiary/aromatic N) is 3. The third kappa shape index (κ3) is 6.56. The Morgan fingerprint density at radius 2 is 1.76 bits per heavy atom. The minimum atomic E-state index is -2.56. The molecule has 0 aromatic heterocycles. The van der Waals surface area contributed by atoms with Crippen molar-refractivity contribution >= 4 is 0 Å². The molecule has 3 saturated heterocycles. The summed E-state index contributed by atoms with van der Waals surface area (Å²) in [7, 11) is 1.65. The monoisotopic (exact) mass is 467 g/mol. The van der Waals surface area contributed by atoms with E-state index >= 15 is 0 Å². The Hall–Kier alpha value is -1.48. The zero-order chi connectivity index (χ0) is 23.4. The molecular formula is C25H39F2N3O3. The number of hydrogen-bond acceptors (Lipinski definition) is 6. The van der Waals surface area contributed by atoms with Crippen LogP contribution in [0.25, 0.3) is 0 Å². The summed E-state index contributed by atoms with van der Waals surface area (Å²) < 4.78 is 38.6. The fourth-order valence-electron chi connectivity index (χ4n) is 5.28. The lowest BCUT2D eigenvalue weighted by Crippen LogP contribution is -2.49. The van der Waals surface area contributed by atoms with Gasteiger partial charge in [-0.3, -0.25) is 14.7 Å². The van der Waals surface area contributed by atoms with Crippen molar-refractivity contribution < 1.29 is 23.4 Å². The Labute approximate surface area is 196 Å². The van der Waals surface area contributed by atoms with Crippen LogP contribution in [0.5, 0.6) is 11.5 Å². The molecule has 3 aliphatic heterocycles. The number of aliphatic hydroxyl groups is 1. The molecule has 3 aliphatic rings. The fraction of sp³-hybridized carbons (Fsp3) is 0.760. The summed E-state index contributed by atoms with van der Waals surface area (Å²) in [4.78, 5) is 6.68. The number of methoxy groups -OCH3 is 1. The van der Waals surface area contributed by atoms with Gasteiger partial charge in [0.1, 0.15) is 6.61 Å². The summed E-state index contributed by atoms with van der Waals surface area (Å²) in [6.45, 7) is 8.77. The van der Waals surface area contributed by atoms with E-state index in [4.69, 9.17) is 9.47 Å². The molecule has 33 heavy (non-hydrogen) atoms. The first-order valence-electron chi connectivity index (χ1n) is 12.4. The van der Waals surface area contributed by atoms with Gasteiger partial charge in [-0.25, -0.2) is 8.78 Å². The smallest absolute Gasteiger partial charge is 0.250 e. The van der Waals surface area contributed by atoms with Crippen LogP contribution in [0.3, 0.4) is 0 Å². The molecule has 6 nitrogen and oxygen atoms in total. The summed E-state index contributed by atoms with van der Waals surface area (Å²) in [6.07, 6.45) is 1.76. The van der Waals surface area contributed by atoms with E-state index in [1.807, 2.05) is 23.1 Å². The second kappa shape index (κ2) is 10.8. The maximum Gasteiger partial charge on any atom is 0.250 e. The van der Waals surface area contributed by atoms with Gasteiger partial charge in [0.25, 0.3) is 5.92 Å². The second-order valence-corrected chi connectivity index (χ2v) is 10.1. The molecule has 0 aliphatic carbocycles. The van der Waals surface area contributed by atoms with E-state index in [0.29, 0.717) is 45.1 Å². The largest absolute Gasteiger partial charge is 0.493 e. The molecule has 0 radical (unpaired) electrons. The number of aliphatic hydroxyl groups excluding tert-OH is 1. The number of hydrogen-bond donors (Lipinski definition) is 1. The molecule has 0 spiro atoms. The number of halogens is 2. The number of benzene rings is 1. The number of β-amino-alcohol motifs (C(OH)–C–C–N with tert-alkyl or cyclic N) is 1. The van der Waals surface area contributed by atoms with E-state index in [1.54, 1.807) is 7.11 Å². The van der Waals surface area contributed by atoms with Gasteiger partial charge in [0.15, 0.2) is 11.5 Å². The zero-order valence-electron chi connectivity index (χ0n) is 20.0. The Morgan fingerprint density at radius 1 is 1.03 bits per heavy atom. The van der Waals surface area contributed by atoms with E-state index in [9.17, 15) is 13.9 Å². The molecule has 8 heteroatoms. The average molecular weight is 468 g/mol. The number of ether oxygens (including phenoxy) is 2. The van der Waals surface area contributed by atoms with Crippen LogP contribution < -0.4 is 9.47 Å². The number of rotatable bonds is 8. The highest BCUT2D eigenvalue weighted by molar-refractivity contribution is 5.43. The van der Waals surface area contributed by atoms with Crippen LogP contribution >= 0.6 is 0 Å². The minimum Gasteiger partial charge on any atom is -0.493 e. The maximum absolute atomic E-state index is 13.5. The fourth-order valence-corrected chi connectivity index (χ4v) is 5.28. The van der Waals surface area contributed by atoms with Gasteiger partial charge in [-0.2, -0.15) is 0 Å². The highest BCUT2D eigenvalue weighted by Gasteiger charge is 2.41. The van der Waals surface area contributed by atoms with Gasteiger partial charge < -0.3 is 14.6 Å². The molecule has 0 unspecified atom stereocenters. The van der Waals surface area contributed by atoms with Gasteiger partial charge in [-0.05, 0) is 49.5 Å². The van der Waals surface area contributed by atoms with Gasteiger partial charge in [0.05, 0.1) is 13.2 Å². The predicted octanol–water partition coefficient (Wildman–Crippen LogP) is 3.08. The standard InChI is InChI=1S/C25H39F2N3O3/c1-19-5-9-28(10-6-19)13-14-33-23-4-3-20(15-24(23)32-2)16-29-17-21(22(31)18-29)30-11-7-25(26,27)8-12-30/h3-4,15,19,21-22,31H,5-14,16-18H2,1-2H3/t21-,22-/m0/s1. The van der Waals surface area contributed by atoms with Crippen LogP contribution in [0.15, 0.2) is 18.2 Å². The first-order chi connectivity index (χ1) is 15.8. The van der Waals surface area contributed by atoms with Crippen molar-refractivity contribution in [2.75, 3.05) is 59.5 Å². The van der Waals surface area contributed by atoms with Gasteiger partial charge in [0, 0.05) is 58.2 Å². The van der Waals surface area contributed by atoms with Gasteiger partial charge in [-0.1, -0.05) is 13.0 Å². The molecule has 1 aromatic carbocycles. The van der Waals surface area contributed by atoms with Crippen LogP contribution in [0, 0.1) is 5.92 Å². The highest BCUT2D eigenvalue weighted by atomic mass is 19.3. The lowest BCUT2D eigenvalue weighted by atomic mass is 9.99. The molecule has 0 amide bonds. The third-order valence-electron chi connectivity index (χ3n) is 7.51. The van der Waals surface area contributed by atoms with Crippen molar-refractivity contribution in [2.45, 2.75) is 57.2 Å². The predicted molar refractivity (Wildman–Crippen MR) is 124 cm³/mol. The molecule has 1 N–H and O–H groups in total. The lowest BCUT2D eigenvalue weighted by Gasteiger charge is -2.36. The van der Waals surface area contributed by atoms with Crippen LogP contribution in [-0.4, -0.2) is 97.4 Å². The molecule has 3 fully saturated rings. The first-order valence-corrected chi connectivity index (χ1v) is 12.4.